The van der Waals surface area contributed by atoms with Crippen LogP contribution < -0.4 is 11.1 Å². The lowest BCUT2D eigenvalue weighted by Gasteiger charge is -2.15. The highest BCUT2D eigenvalue weighted by molar-refractivity contribution is 5.90. The SMILES string of the molecule is CC(=O)N(C)Cc1cccc(NC(=O)CC(C)CN)c1. The maximum atomic E-state index is 11.8. The van der Waals surface area contributed by atoms with E-state index < -0.39 is 0 Å². The first kappa shape index (κ1) is 16.2. The molecule has 0 aliphatic rings. The van der Waals surface area contributed by atoms with Gasteiger partial charge in [-0.2, -0.15) is 0 Å². The van der Waals surface area contributed by atoms with Crippen LogP contribution in [0, 0.1) is 5.92 Å². The smallest absolute Gasteiger partial charge is 0.224 e. The van der Waals surface area contributed by atoms with Gasteiger partial charge in [0.25, 0.3) is 0 Å². The molecule has 1 aromatic carbocycles. The summed E-state index contributed by atoms with van der Waals surface area (Å²) in [6.07, 6.45) is 0.411. The number of nitrogens with two attached hydrogens (primary N) is 1. The Balaban J connectivity index is 2.64. The van der Waals surface area contributed by atoms with Gasteiger partial charge in [0.1, 0.15) is 0 Å². The van der Waals surface area contributed by atoms with E-state index in [-0.39, 0.29) is 17.7 Å². The summed E-state index contributed by atoms with van der Waals surface area (Å²) in [5.74, 6) is 0.137. The first-order chi connectivity index (χ1) is 9.42. The van der Waals surface area contributed by atoms with E-state index in [2.05, 4.69) is 5.32 Å². The largest absolute Gasteiger partial charge is 0.342 e. The molecule has 1 atom stereocenters. The Morgan fingerprint density at radius 3 is 2.70 bits per heavy atom. The average molecular weight is 277 g/mol. The normalized spacial score (nSPS) is 11.8. The van der Waals surface area contributed by atoms with Gasteiger partial charge >= 0.3 is 0 Å². The van der Waals surface area contributed by atoms with Gasteiger partial charge in [-0.05, 0) is 30.2 Å². The van der Waals surface area contributed by atoms with Gasteiger partial charge in [-0.3, -0.25) is 9.59 Å². The molecule has 0 radical (unpaired) electrons. The fourth-order valence-corrected chi connectivity index (χ4v) is 1.74. The van der Waals surface area contributed by atoms with Crippen molar-refractivity contribution in [2.24, 2.45) is 11.7 Å². The molecule has 0 aliphatic carbocycles. The van der Waals surface area contributed by atoms with Gasteiger partial charge in [-0.25, -0.2) is 0 Å². The van der Waals surface area contributed by atoms with E-state index in [1.54, 1.807) is 11.9 Å². The van der Waals surface area contributed by atoms with Crippen molar-refractivity contribution in [3.63, 3.8) is 0 Å². The van der Waals surface area contributed by atoms with E-state index >= 15 is 0 Å². The summed E-state index contributed by atoms with van der Waals surface area (Å²) < 4.78 is 0. The fourth-order valence-electron chi connectivity index (χ4n) is 1.74. The molecule has 0 aromatic heterocycles. The lowest BCUT2D eigenvalue weighted by molar-refractivity contribution is -0.128. The van der Waals surface area contributed by atoms with Crippen LogP contribution in [0.4, 0.5) is 5.69 Å². The molecule has 0 saturated heterocycles. The first-order valence-electron chi connectivity index (χ1n) is 6.73. The van der Waals surface area contributed by atoms with E-state index in [1.807, 2.05) is 31.2 Å². The molecule has 3 N–H and O–H groups in total. The molecule has 0 fully saturated rings. The zero-order valence-electron chi connectivity index (χ0n) is 12.3. The number of rotatable bonds is 6. The molecule has 1 aromatic rings. The predicted molar refractivity (Wildman–Crippen MR) is 80.1 cm³/mol. The third-order valence-electron chi connectivity index (χ3n) is 3.10. The lowest BCUT2D eigenvalue weighted by Crippen LogP contribution is -2.23. The van der Waals surface area contributed by atoms with Crippen molar-refractivity contribution in [1.29, 1.82) is 0 Å². The van der Waals surface area contributed by atoms with E-state index in [9.17, 15) is 9.59 Å². The minimum absolute atomic E-state index is 0.0104. The minimum Gasteiger partial charge on any atom is -0.342 e. The molecule has 0 saturated carbocycles. The van der Waals surface area contributed by atoms with Gasteiger partial charge in [0.15, 0.2) is 0 Å². The van der Waals surface area contributed by atoms with Crippen molar-refractivity contribution in [1.82, 2.24) is 4.90 Å². The zero-order chi connectivity index (χ0) is 15.1. The molecule has 1 rings (SSSR count). The molecular formula is C15H23N3O2. The van der Waals surface area contributed by atoms with Crippen LogP contribution in [-0.4, -0.2) is 30.3 Å². The van der Waals surface area contributed by atoms with Crippen molar-refractivity contribution in [3.8, 4) is 0 Å². The zero-order valence-corrected chi connectivity index (χ0v) is 12.3. The van der Waals surface area contributed by atoms with Crippen molar-refractivity contribution in [3.05, 3.63) is 29.8 Å². The van der Waals surface area contributed by atoms with Crippen LogP contribution >= 0.6 is 0 Å². The number of anilines is 1. The number of hydrogen-bond donors (Lipinski definition) is 2. The Morgan fingerprint density at radius 2 is 2.10 bits per heavy atom. The third kappa shape index (κ3) is 5.40. The molecule has 0 spiro atoms. The fraction of sp³-hybridized carbons (Fsp3) is 0.467. The summed E-state index contributed by atoms with van der Waals surface area (Å²) in [5, 5.41) is 2.85. The minimum atomic E-state index is -0.0416. The van der Waals surface area contributed by atoms with Gasteiger partial charge in [0.05, 0.1) is 0 Å². The monoisotopic (exact) mass is 277 g/mol. The van der Waals surface area contributed by atoms with Crippen LogP contribution in [0.15, 0.2) is 24.3 Å². The van der Waals surface area contributed by atoms with Crippen LogP contribution in [0.2, 0.25) is 0 Å². The second-order valence-electron chi connectivity index (χ2n) is 5.17. The van der Waals surface area contributed by atoms with Gasteiger partial charge in [-0.15, -0.1) is 0 Å². The highest BCUT2D eigenvalue weighted by Gasteiger charge is 2.09. The topological polar surface area (TPSA) is 75.4 Å². The molecule has 2 amide bonds. The van der Waals surface area contributed by atoms with Crippen molar-refractivity contribution in [2.75, 3.05) is 18.9 Å². The Hall–Kier alpha value is -1.88. The Labute approximate surface area is 120 Å². The highest BCUT2D eigenvalue weighted by atomic mass is 16.2. The van der Waals surface area contributed by atoms with Gasteiger partial charge in [-0.1, -0.05) is 19.1 Å². The summed E-state index contributed by atoms with van der Waals surface area (Å²) in [7, 11) is 1.75. The number of amides is 2. The summed E-state index contributed by atoms with van der Waals surface area (Å²) >= 11 is 0. The predicted octanol–water partition coefficient (Wildman–Crippen LogP) is 1.59. The van der Waals surface area contributed by atoms with Crippen molar-refractivity contribution >= 4 is 17.5 Å². The van der Waals surface area contributed by atoms with Crippen molar-refractivity contribution < 1.29 is 9.59 Å². The molecule has 0 aliphatic heterocycles. The molecule has 110 valence electrons. The molecule has 5 heteroatoms. The lowest BCUT2D eigenvalue weighted by atomic mass is 10.1. The number of benzene rings is 1. The first-order valence-corrected chi connectivity index (χ1v) is 6.73. The van der Waals surface area contributed by atoms with E-state index in [1.165, 1.54) is 6.92 Å². The summed E-state index contributed by atoms with van der Waals surface area (Å²) in [6, 6.07) is 7.51. The van der Waals surface area contributed by atoms with Crippen LogP contribution in [0.25, 0.3) is 0 Å². The second kappa shape index (κ2) is 7.65. The van der Waals surface area contributed by atoms with Crippen LogP contribution in [0.1, 0.15) is 25.8 Å². The van der Waals surface area contributed by atoms with Gasteiger partial charge in [0.2, 0.25) is 11.8 Å². The van der Waals surface area contributed by atoms with E-state index in [4.69, 9.17) is 5.73 Å². The number of carbonyl (C=O) groups excluding carboxylic acids is 2. The molecule has 1 unspecified atom stereocenters. The van der Waals surface area contributed by atoms with Crippen molar-refractivity contribution in [2.45, 2.75) is 26.8 Å². The van der Waals surface area contributed by atoms with Gasteiger partial charge in [0, 0.05) is 32.6 Å². The number of hydrogen-bond acceptors (Lipinski definition) is 3. The van der Waals surface area contributed by atoms with Crippen LogP contribution in [0.3, 0.4) is 0 Å². The third-order valence-corrected chi connectivity index (χ3v) is 3.10. The maximum absolute atomic E-state index is 11.8. The molecule has 5 nitrogen and oxygen atoms in total. The highest BCUT2D eigenvalue weighted by Crippen LogP contribution is 2.13. The van der Waals surface area contributed by atoms with Crippen LogP contribution in [0.5, 0.6) is 0 Å². The average Bonchev–Trinajstić information content (AvgIpc) is 2.38. The Kier molecular flexibility index (Phi) is 6.18. The van der Waals surface area contributed by atoms with Gasteiger partial charge < -0.3 is 16.0 Å². The molecular weight excluding hydrogens is 254 g/mol. The van der Waals surface area contributed by atoms with E-state index in [0.717, 1.165) is 11.3 Å². The molecule has 0 bridgehead atoms. The number of nitrogens with zero attached hydrogens (tertiary/aromatic N) is 1. The Morgan fingerprint density at radius 1 is 1.40 bits per heavy atom. The summed E-state index contributed by atoms with van der Waals surface area (Å²) in [5.41, 5.74) is 7.23. The Bertz CT molecular complexity index is 474. The molecule has 20 heavy (non-hydrogen) atoms. The van der Waals surface area contributed by atoms with E-state index in [0.29, 0.717) is 19.5 Å². The summed E-state index contributed by atoms with van der Waals surface area (Å²) in [4.78, 5) is 24.6. The number of carbonyl (C=O) groups is 2. The standard InChI is InChI=1S/C15H23N3O2/c1-11(9-16)7-15(20)17-14-6-4-5-13(8-14)10-18(3)12(2)19/h4-6,8,11H,7,9-10,16H2,1-3H3,(H,17,20). The quantitative estimate of drug-likeness (QED) is 0.829. The second-order valence-corrected chi connectivity index (χ2v) is 5.17. The molecule has 0 heterocycles. The summed E-state index contributed by atoms with van der Waals surface area (Å²) in [6.45, 7) is 4.49. The number of nitrogens with one attached hydrogen (secondary N) is 1. The maximum Gasteiger partial charge on any atom is 0.224 e. The van der Waals surface area contributed by atoms with Crippen LogP contribution in [-0.2, 0) is 16.1 Å².